The molecular formula is C21H20FN3O2. The number of nitrogens with zero attached hydrogens (tertiary/aromatic N) is 1. The molecule has 2 N–H and O–H groups in total. The van der Waals surface area contributed by atoms with E-state index < -0.39 is 5.82 Å². The lowest BCUT2D eigenvalue weighted by Gasteiger charge is -2.09. The lowest BCUT2D eigenvalue weighted by Crippen LogP contribution is -2.34. The molecule has 1 heterocycles. The summed E-state index contributed by atoms with van der Waals surface area (Å²) >= 11 is 0. The molecule has 0 saturated carbocycles. The molecule has 0 bridgehead atoms. The number of amides is 2. The van der Waals surface area contributed by atoms with Crippen molar-refractivity contribution in [3.8, 4) is 5.69 Å². The van der Waals surface area contributed by atoms with Crippen LogP contribution in [0, 0.1) is 12.7 Å². The minimum atomic E-state index is -0.417. The van der Waals surface area contributed by atoms with Gasteiger partial charge < -0.3 is 15.2 Å². The van der Waals surface area contributed by atoms with E-state index in [4.69, 9.17) is 0 Å². The van der Waals surface area contributed by atoms with Gasteiger partial charge >= 0.3 is 0 Å². The van der Waals surface area contributed by atoms with E-state index in [1.54, 1.807) is 31.2 Å². The Morgan fingerprint density at radius 1 is 0.889 bits per heavy atom. The van der Waals surface area contributed by atoms with Crippen LogP contribution in [0.25, 0.3) is 5.69 Å². The van der Waals surface area contributed by atoms with Crippen molar-refractivity contribution < 1.29 is 14.0 Å². The maximum atomic E-state index is 13.5. The molecule has 0 atom stereocenters. The number of carbonyl (C=O) groups excluding carboxylic acids is 2. The third kappa shape index (κ3) is 4.61. The van der Waals surface area contributed by atoms with E-state index >= 15 is 0 Å². The Morgan fingerprint density at radius 2 is 1.44 bits per heavy atom. The molecule has 0 aliphatic heterocycles. The van der Waals surface area contributed by atoms with Crippen LogP contribution >= 0.6 is 0 Å². The first-order valence-corrected chi connectivity index (χ1v) is 8.60. The number of rotatable bonds is 6. The fraction of sp³-hybridized carbons (Fsp3) is 0.143. The van der Waals surface area contributed by atoms with E-state index in [9.17, 15) is 14.0 Å². The van der Waals surface area contributed by atoms with Gasteiger partial charge in [0.1, 0.15) is 5.82 Å². The first-order valence-electron chi connectivity index (χ1n) is 8.60. The molecule has 3 aromatic rings. The molecule has 2 amide bonds. The van der Waals surface area contributed by atoms with Crippen molar-refractivity contribution in [2.45, 2.75) is 6.92 Å². The van der Waals surface area contributed by atoms with Crippen LogP contribution in [0.1, 0.15) is 26.3 Å². The molecule has 27 heavy (non-hydrogen) atoms. The van der Waals surface area contributed by atoms with Crippen LogP contribution in [0.2, 0.25) is 0 Å². The number of hydrogen-bond acceptors (Lipinski definition) is 2. The van der Waals surface area contributed by atoms with Crippen LogP contribution in [0.15, 0.2) is 67.0 Å². The molecule has 0 aliphatic rings. The second kappa shape index (κ2) is 8.31. The summed E-state index contributed by atoms with van der Waals surface area (Å²) in [5.41, 5.74) is 2.25. The molecule has 2 aromatic carbocycles. The summed E-state index contributed by atoms with van der Waals surface area (Å²) in [6.45, 7) is 2.16. The summed E-state index contributed by atoms with van der Waals surface area (Å²) in [7, 11) is 0. The Morgan fingerprint density at radius 3 is 2.04 bits per heavy atom. The first kappa shape index (κ1) is 18.4. The van der Waals surface area contributed by atoms with Gasteiger partial charge in [-0.2, -0.15) is 0 Å². The summed E-state index contributed by atoms with van der Waals surface area (Å²) in [5, 5.41) is 5.40. The highest BCUT2D eigenvalue weighted by Gasteiger charge is 2.09. The standard InChI is InChI=1S/C21H20FN3O2/c1-15-4-5-17(14-19(15)22)21(27)24-11-10-23-20(26)16-6-8-18(9-7-16)25-12-2-3-13-25/h2-9,12-14H,10-11H2,1H3,(H,23,26)(H,24,27). The molecule has 0 spiro atoms. The van der Waals surface area contributed by atoms with Crippen molar-refractivity contribution in [1.82, 2.24) is 15.2 Å². The van der Waals surface area contributed by atoms with Gasteiger partial charge in [-0.15, -0.1) is 0 Å². The number of benzene rings is 2. The number of aryl methyl sites for hydroxylation is 1. The van der Waals surface area contributed by atoms with Crippen LogP contribution < -0.4 is 10.6 Å². The fourth-order valence-electron chi connectivity index (χ4n) is 2.58. The van der Waals surface area contributed by atoms with E-state index in [1.807, 2.05) is 41.2 Å². The van der Waals surface area contributed by atoms with E-state index in [0.717, 1.165) is 5.69 Å². The van der Waals surface area contributed by atoms with Gasteiger partial charge in [0.2, 0.25) is 0 Å². The third-order valence-corrected chi connectivity index (χ3v) is 4.16. The highest BCUT2D eigenvalue weighted by molar-refractivity contribution is 5.95. The molecule has 3 rings (SSSR count). The monoisotopic (exact) mass is 365 g/mol. The Balaban J connectivity index is 1.46. The average molecular weight is 365 g/mol. The summed E-state index contributed by atoms with van der Waals surface area (Å²) in [6.07, 6.45) is 3.86. The smallest absolute Gasteiger partial charge is 0.251 e. The topological polar surface area (TPSA) is 63.1 Å². The van der Waals surface area contributed by atoms with Crippen LogP contribution in [-0.4, -0.2) is 29.5 Å². The molecular weight excluding hydrogens is 345 g/mol. The quantitative estimate of drug-likeness (QED) is 0.660. The number of carbonyl (C=O) groups is 2. The maximum Gasteiger partial charge on any atom is 0.251 e. The summed E-state index contributed by atoms with van der Waals surface area (Å²) in [4.78, 5) is 24.1. The van der Waals surface area contributed by atoms with Gasteiger partial charge in [0, 0.05) is 42.3 Å². The Bertz CT molecular complexity index is 935. The number of nitrogens with one attached hydrogen (secondary N) is 2. The second-order valence-corrected chi connectivity index (χ2v) is 6.11. The average Bonchev–Trinajstić information content (AvgIpc) is 3.22. The summed E-state index contributed by atoms with van der Waals surface area (Å²) in [6, 6.07) is 15.4. The predicted molar refractivity (Wildman–Crippen MR) is 102 cm³/mol. The summed E-state index contributed by atoms with van der Waals surface area (Å²) < 4.78 is 15.5. The highest BCUT2D eigenvalue weighted by Crippen LogP contribution is 2.10. The third-order valence-electron chi connectivity index (χ3n) is 4.16. The van der Waals surface area contributed by atoms with Crippen molar-refractivity contribution in [1.29, 1.82) is 0 Å². The zero-order valence-electron chi connectivity index (χ0n) is 14.9. The fourth-order valence-corrected chi connectivity index (χ4v) is 2.58. The van der Waals surface area contributed by atoms with Crippen molar-refractivity contribution >= 4 is 11.8 Å². The Labute approximate surface area is 156 Å². The lowest BCUT2D eigenvalue weighted by molar-refractivity contribution is 0.0927. The van der Waals surface area contributed by atoms with Crippen LogP contribution in [0.3, 0.4) is 0 Å². The molecule has 1 aromatic heterocycles. The van der Waals surface area contributed by atoms with Crippen molar-refractivity contribution in [3.05, 3.63) is 89.5 Å². The summed E-state index contributed by atoms with van der Waals surface area (Å²) in [5.74, 6) is -1.01. The normalized spacial score (nSPS) is 10.4. The Kier molecular flexibility index (Phi) is 5.66. The molecule has 6 heteroatoms. The predicted octanol–water partition coefficient (Wildman–Crippen LogP) is 3.08. The van der Waals surface area contributed by atoms with Gasteiger partial charge in [-0.05, 0) is 61.0 Å². The Hall–Kier alpha value is -3.41. The number of hydrogen-bond donors (Lipinski definition) is 2. The number of aromatic nitrogens is 1. The van der Waals surface area contributed by atoms with Gasteiger partial charge in [0.05, 0.1) is 0 Å². The minimum Gasteiger partial charge on any atom is -0.350 e. The van der Waals surface area contributed by atoms with Crippen LogP contribution in [-0.2, 0) is 0 Å². The van der Waals surface area contributed by atoms with E-state index in [1.165, 1.54) is 6.07 Å². The van der Waals surface area contributed by atoms with Crippen LogP contribution in [0.5, 0.6) is 0 Å². The maximum absolute atomic E-state index is 13.5. The van der Waals surface area contributed by atoms with Gasteiger partial charge in [0.15, 0.2) is 0 Å². The molecule has 0 saturated heterocycles. The van der Waals surface area contributed by atoms with E-state index in [0.29, 0.717) is 11.1 Å². The van der Waals surface area contributed by atoms with Crippen molar-refractivity contribution in [2.24, 2.45) is 0 Å². The van der Waals surface area contributed by atoms with Gasteiger partial charge in [0.25, 0.3) is 11.8 Å². The minimum absolute atomic E-state index is 0.218. The molecule has 0 aliphatic carbocycles. The van der Waals surface area contributed by atoms with E-state index in [2.05, 4.69) is 10.6 Å². The zero-order chi connectivity index (χ0) is 19.2. The SMILES string of the molecule is Cc1ccc(C(=O)NCCNC(=O)c2ccc(-n3cccc3)cc2)cc1F. The van der Waals surface area contributed by atoms with Crippen LogP contribution in [0.4, 0.5) is 4.39 Å². The highest BCUT2D eigenvalue weighted by atomic mass is 19.1. The van der Waals surface area contributed by atoms with Gasteiger partial charge in [-0.3, -0.25) is 9.59 Å². The molecule has 0 fully saturated rings. The van der Waals surface area contributed by atoms with Crippen molar-refractivity contribution in [2.75, 3.05) is 13.1 Å². The first-order chi connectivity index (χ1) is 13.0. The molecule has 138 valence electrons. The molecule has 5 nitrogen and oxygen atoms in total. The second-order valence-electron chi connectivity index (χ2n) is 6.11. The largest absolute Gasteiger partial charge is 0.350 e. The lowest BCUT2D eigenvalue weighted by atomic mass is 10.1. The zero-order valence-corrected chi connectivity index (χ0v) is 14.9. The van der Waals surface area contributed by atoms with E-state index in [-0.39, 0.29) is 30.5 Å². The van der Waals surface area contributed by atoms with Gasteiger partial charge in [-0.25, -0.2) is 4.39 Å². The van der Waals surface area contributed by atoms with Crippen molar-refractivity contribution in [3.63, 3.8) is 0 Å². The molecule has 0 radical (unpaired) electrons. The number of halogens is 1. The molecule has 0 unspecified atom stereocenters. The van der Waals surface area contributed by atoms with Gasteiger partial charge in [-0.1, -0.05) is 6.07 Å².